The molecule has 0 spiro atoms. The Hall–Kier alpha value is -2.47. The molecule has 0 radical (unpaired) electrons. The van der Waals surface area contributed by atoms with Crippen LogP contribution < -0.4 is 4.90 Å². The van der Waals surface area contributed by atoms with Gasteiger partial charge in [0.25, 0.3) is 5.69 Å². The zero-order valence-electron chi connectivity index (χ0n) is 11.4. The molecule has 1 N–H and O–H groups in total. The molecule has 0 fully saturated rings. The van der Waals surface area contributed by atoms with Gasteiger partial charge in [0.1, 0.15) is 5.82 Å². The lowest BCUT2D eigenvalue weighted by Crippen LogP contribution is -2.25. The Labute approximate surface area is 121 Å². The van der Waals surface area contributed by atoms with Crippen molar-refractivity contribution in [2.45, 2.75) is 6.10 Å². The SMILES string of the molecule is CN(CC(O)c1cccc([N+](=O)[O-])c1)c1ccccc1F. The van der Waals surface area contributed by atoms with Crippen molar-refractivity contribution >= 4 is 11.4 Å². The van der Waals surface area contributed by atoms with Crippen LogP contribution in [0.25, 0.3) is 0 Å². The number of hydrogen-bond donors (Lipinski definition) is 1. The van der Waals surface area contributed by atoms with Crippen LogP contribution >= 0.6 is 0 Å². The van der Waals surface area contributed by atoms with Crippen LogP contribution in [-0.4, -0.2) is 23.6 Å². The van der Waals surface area contributed by atoms with Crippen molar-refractivity contribution in [3.63, 3.8) is 0 Å². The summed E-state index contributed by atoms with van der Waals surface area (Å²) in [5.41, 5.74) is 0.703. The maximum absolute atomic E-state index is 13.7. The van der Waals surface area contributed by atoms with Gasteiger partial charge in [0.05, 0.1) is 16.7 Å². The number of likely N-dealkylation sites (N-methyl/N-ethyl adjacent to an activating group) is 1. The summed E-state index contributed by atoms with van der Waals surface area (Å²) >= 11 is 0. The molecule has 110 valence electrons. The largest absolute Gasteiger partial charge is 0.387 e. The first-order valence-electron chi connectivity index (χ1n) is 6.37. The van der Waals surface area contributed by atoms with Crippen molar-refractivity contribution in [2.75, 3.05) is 18.5 Å². The van der Waals surface area contributed by atoms with E-state index in [-0.39, 0.29) is 18.0 Å². The second kappa shape index (κ2) is 6.32. The number of aliphatic hydroxyl groups excluding tert-OH is 1. The van der Waals surface area contributed by atoms with E-state index < -0.39 is 11.0 Å². The number of benzene rings is 2. The first-order valence-corrected chi connectivity index (χ1v) is 6.37. The minimum Gasteiger partial charge on any atom is -0.387 e. The van der Waals surface area contributed by atoms with Gasteiger partial charge in [-0.05, 0) is 17.7 Å². The van der Waals surface area contributed by atoms with E-state index in [0.29, 0.717) is 11.3 Å². The minimum atomic E-state index is -0.950. The number of para-hydroxylation sites is 1. The summed E-state index contributed by atoms with van der Waals surface area (Å²) in [4.78, 5) is 11.8. The molecule has 0 aliphatic rings. The molecule has 0 aromatic heterocycles. The smallest absolute Gasteiger partial charge is 0.269 e. The zero-order chi connectivity index (χ0) is 15.4. The standard InChI is InChI=1S/C15H15FN2O3/c1-17(14-8-3-2-7-13(14)16)10-15(19)11-5-4-6-12(9-11)18(20)21/h2-9,15,19H,10H2,1H3. The van der Waals surface area contributed by atoms with E-state index in [1.165, 1.54) is 24.3 Å². The monoisotopic (exact) mass is 290 g/mol. The van der Waals surface area contributed by atoms with Crippen LogP contribution in [-0.2, 0) is 0 Å². The minimum absolute atomic E-state index is 0.0832. The number of halogens is 1. The molecular weight excluding hydrogens is 275 g/mol. The summed E-state index contributed by atoms with van der Waals surface area (Å²) < 4.78 is 13.7. The molecule has 6 heteroatoms. The molecule has 0 aliphatic carbocycles. The van der Waals surface area contributed by atoms with Crippen LogP contribution in [0.15, 0.2) is 48.5 Å². The number of nitrogens with zero attached hydrogens (tertiary/aromatic N) is 2. The Balaban J connectivity index is 2.14. The second-order valence-electron chi connectivity index (χ2n) is 4.70. The van der Waals surface area contributed by atoms with Gasteiger partial charge in [-0.25, -0.2) is 4.39 Å². The molecule has 2 aromatic rings. The summed E-state index contributed by atoms with van der Waals surface area (Å²) in [6.07, 6.45) is -0.950. The van der Waals surface area contributed by atoms with Gasteiger partial charge in [-0.3, -0.25) is 10.1 Å². The van der Waals surface area contributed by atoms with E-state index in [4.69, 9.17) is 0 Å². The maximum Gasteiger partial charge on any atom is 0.269 e. The Kier molecular flexibility index (Phi) is 4.49. The fraction of sp³-hybridized carbons (Fsp3) is 0.200. The lowest BCUT2D eigenvalue weighted by molar-refractivity contribution is -0.385. The van der Waals surface area contributed by atoms with Gasteiger partial charge in [-0.15, -0.1) is 0 Å². The fourth-order valence-corrected chi connectivity index (χ4v) is 2.07. The number of nitro benzene ring substituents is 1. The second-order valence-corrected chi connectivity index (χ2v) is 4.70. The van der Waals surface area contributed by atoms with Crippen molar-refractivity contribution in [3.05, 3.63) is 70.0 Å². The number of aliphatic hydroxyl groups is 1. The van der Waals surface area contributed by atoms with Crippen molar-refractivity contribution in [2.24, 2.45) is 0 Å². The van der Waals surface area contributed by atoms with E-state index >= 15 is 0 Å². The highest BCUT2D eigenvalue weighted by Crippen LogP contribution is 2.23. The van der Waals surface area contributed by atoms with Gasteiger partial charge in [0.15, 0.2) is 0 Å². The summed E-state index contributed by atoms with van der Waals surface area (Å²) in [5, 5.41) is 20.9. The van der Waals surface area contributed by atoms with Gasteiger partial charge in [-0.1, -0.05) is 24.3 Å². The molecule has 2 rings (SSSR count). The third kappa shape index (κ3) is 3.55. The number of nitro groups is 1. The Morgan fingerprint density at radius 1 is 1.29 bits per heavy atom. The van der Waals surface area contributed by atoms with Crippen LogP contribution in [0, 0.1) is 15.9 Å². The Morgan fingerprint density at radius 3 is 2.67 bits per heavy atom. The average Bonchev–Trinajstić information content (AvgIpc) is 2.47. The summed E-state index contributed by atoms with van der Waals surface area (Å²) in [6, 6.07) is 12.0. The van der Waals surface area contributed by atoms with Gasteiger partial charge in [-0.2, -0.15) is 0 Å². The van der Waals surface area contributed by atoms with Crippen LogP contribution in [0.4, 0.5) is 15.8 Å². The summed E-state index contributed by atoms with van der Waals surface area (Å²) in [6.45, 7) is 0.127. The van der Waals surface area contributed by atoms with Crippen LogP contribution in [0.1, 0.15) is 11.7 Å². The molecule has 0 saturated carbocycles. The highest BCUT2D eigenvalue weighted by atomic mass is 19.1. The average molecular weight is 290 g/mol. The quantitative estimate of drug-likeness (QED) is 0.679. The van der Waals surface area contributed by atoms with Crippen LogP contribution in [0.2, 0.25) is 0 Å². The third-order valence-corrected chi connectivity index (χ3v) is 3.18. The number of non-ortho nitro benzene ring substituents is 1. The molecule has 0 saturated heterocycles. The zero-order valence-corrected chi connectivity index (χ0v) is 11.4. The van der Waals surface area contributed by atoms with E-state index in [1.54, 1.807) is 36.2 Å². The molecule has 0 heterocycles. The predicted molar refractivity (Wildman–Crippen MR) is 77.7 cm³/mol. The molecule has 5 nitrogen and oxygen atoms in total. The van der Waals surface area contributed by atoms with Crippen molar-refractivity contribution in [3.8, 4) is 0 Å². The maximum atomic E-state index is 13.7. The topological polar surface area (TPSA) is 66.6 Å². The molecular formula is C15H15FN2O3. The van der Waals surface area contributed by atoms with Crippen LogP contribution in [0.5, 0.6) is 0 Å². The Morgan fingerprint density at radius 2 is 2.00 bits per heavy atom. The molecule has 0 aliphatic heterocycles. The molecule has 0 amide bonds. The summed E-state index contributed by atoms with van der Waals surface area (Å²) in [7, 11) is 1.65. The molecule has 1 unspecified atom stereocenters. The first-order chi connectivity index (χ1) is 9.99. The van der Waals surface area contributed by atoms with Crippen molar-refractivity contribution < 1.29 is 14.4 Å². The molecule has 0 bridgehead atoms. The van der Waals surface area contributed by atoms with Gasteiger partial charge >= 0.3 is 0 Å². The third-order valence-electron chi connectivity index (χ3n) is 3.18. The van der Waals surface area contributed by atoms with Crippen molar-refractivity contribution in [1.82, 2.24) is 0 Å². The first kappa shape index (κ1) is 14.9. The lowest BCUT2D eigenvalue weighted by atomic mass is 10.1. The number of hydrogen-bond acceptors (Lipinski definition) is 4. The number of rotatable bonds is 5. The lowest BCUT2D eigenvalue weighted by Gasteiger charge is -2.23. The molecule has 21 heavy (non-hydrogen) atoms. The molecule has 1 atom stereocenters. The fourth-order valence-electron chi connectivity index (χ4n) is 2.07. The van der Waals surface area contributed by atoms with E-state index in [9.17, 15) is 19.6 Å². The van der Waals surface area contributed by atoms with E-state index in [2.05, 4.69) is 0 Å². The van der Waals surface area contributed by atoms with Gasteiger partial charge in [0.2, 0.25) is 0 Å². The summed E-state index contributed by atoms with van der Waals surface area (Å²) in [5.74, 6) is -0.383. The van der Waals surface area contributed by atoms with E-state index in [1.807, 2.05) is 0 Å². The molecule has 2 aromatic carbocycles. The predicted octanol–water partition coefficient (Wildman–Crippen LogP) is 2.90. The van der Waals surface area contributed by atoms with Crippen LogP contribution in [0.3, 0.4) is 0 Å². The highest BCUT2D eigenvalue weighted by Gasteiger charge is 2.16. The van der Waals surface area contributed by atoms with Gasteiger partial charge in [0, 0.05) is 25.7 Å². The van der Waals surface area contributed by atoms with Crippen molar-refractivity contribution in [1.29, 1.82) is 0 Å². The Bertz CT molecular complexity index is 648. The highest BCUT2D eigenvalue weighted by molar-refractivity contribution is 5.47. The van der Waals surface area contributed by atoms with E-state index in [0.717, 1.165) is 0 Å². The van der Waals surface area contributed by atoms with Gasteiger partial charge < -0.3 is 10.0 Å². The number of anilines is 1. The normalized spacial score (nSPS) is 12.0.